The molecule has 0 spiro atoms. The van der Waals surface area contributed by atoms with Crippen LogP contribution in [0.4, 0.5) is 0 Å². The fraction of sp³-hybridized carbons (Fsp3) is 1.00. The lowest BCUT2D eigenvalue weighted by atomic mass is 10.3. The van der Waals surface area contributed by atoms with Gasteiger partial charge in [-0.15, -0.1) is 15.8 Å². The Labute approximate surface area is 53.3 Å². The van der Waals surface area contributed by atoms with Crippen molar-refractivity contribution in [3.05, 3.63) is 0 Å². The van der Waals surface area contributed by atoms with Gasteiger partial charge >= 0.3 is 0 Å². The van der Waals surface area contributed by atoms with Crippen LogP contribution in [0.1, 0.15) is 12.8 Å². The molecule has 0 aromatic heterocycles. The van der Waals surface area contributed by atoms with Gasteiger partial charge in [-0.05, 0) is 25.9 Å². The molecule has 0 amide bonds. The zero-order chi connectivity index (χ0) is 5.11. The zero-order valence-corrected chi connectivity index (χ0v) is 5.95. The quantitative estimate of drug-likeness (QED) is 0.514. The zero-order valence-electron chi connectivity index (χ0n) is 4.36. The minimum atomic E-state index is 1.06. The lowest BCUT2D eigenvalue weighted by Gasteiger charge is -2.05. The largest absolute Gasteiger partial charge is 0.335 e. The Balaban J connectivity index is 2.14. The third kappa shape index (κ3) is 1.46. The van der Waals surface area contributed by atoms with Crippen molar-refractivity contribution in [2.45, 2.75) is 12.8 Å². The fourth-order valence-corrected chi connectivity index (χ4v) is 1.40. The van der Waals surface area contributed by atoms with Crippen LogP contribution < -0.4 is 0 Å². The summed E-state index contributed by atoms with van der Waals surface area (Å²) in [5.74, 6) is 0. The van der Waals surface area contributed by atoms with Gasteiger partial charge in [0.1, 0.15) is 0 Å². The SMILES string of the molecule is BrBN1CCCC1. The van der Waals surface area contributed by atoms with Gasteiger partial charge in [0.05, 0.1) is 0 Å². The summed E-state index contributed by atoms with van der Waals surface area (Å²) < 4.78 is 0. The van der Waals surface area contributed by atoms with Crippen LogP contribution in [0.3, 0.4) is 0 Å². The number of hydrogen-bond acceptors (Lipinski definition) is 1. The average molecular weight is 162 g/mol. The van der Waals surface area contributed by atoms with Gasteiger partial charge in [0, 0.05) is 0 Å². The van der Waals surface area contributed by atoms with Gasteiger partial charge in [-0.2, -0.15) is 0 Å². The molecule has 0 atom stereocenters. The molecule has 0 unspecified atom stereocenters. The summed E-state index contributed by atoms with van der Waals surface area (Å²) in [7, 11) is 0. The molecule has 1 heterocycles. The first-order valence-corrected chi connectivity index (χ1v) is 3.84. The molecular weight excluding hydrogens is 153 g/mol. The molecule has 0 saturated carbocycles. The molecule has 3 heteroatoms. The molecule has 0 aliphatic carbocycles. The molecule has 1 aliphatic heterocycles. The summed E-state index contributed by atoms with van der Waals surface area (Å²) >= 11 is 3.40. The summed E-state index contributed by atoms with van der Waals surface area (Å²) in [6.45, 7) is 2.59. The normalized spacial score (nSPS) is 23.0. The van der Waals surface area contributed by atoms with Crippen molar-refractivity contribution in [2.24, 2.45) is 0 Å². The second-order valence-corrected chi connectivity index (χ2v) is 2.45. The van der Waals surface area contributed by atoms with E-state index in [1.807, 2.05) is 0 Å². The molecule has 0 N–H and O–H groups in total. The van der Waals surface area contributed by atoms with Crippen LogP contribution in [0.2, 0.25) is 0 Å². The summed E-state index contributed by atoms with van der Waals surface area (Å²) in [4.78, 5) is 2.40. The molecular formula is C4H9BBrN. The fourth-order valence-electron chi connectivity index (χ4n) is 0.902. The number of halogens is 1. The lowest BCUT2D eigenvalue weighted by molar-refractivity contribution is 0.562. The molecule has 0 aromatic rings. The molecule has 1 fully saturated rings. The van der Waals surface area contributed by atoms with E-state index in [2.05, 4.69) is 20.6 Å². The van der Waals surface area contributed by atoms with E-state index < -0.39 is 0 Å². The highest BCUT2D eigenvalue weighted by Crippen LogP contribution is 2.05. The van der Waals surface area contributed by atoms with Crippen molar-refractivity contribution in [1.29, 1.82) is 0 Å². The maximum atomic E-state index is 3.40. The minimum absolute atomic E-state index is 1.06. The number of nitrogens with zero attached hydrogens (tertiary/aromatic N) is 1. The van der Waals surface area contributed by atoms with E-state index in [0.717, 1.165) is 6.24 Å². The molecule has 1 aliphatic rings. The van der Waals surface area contributed by atoms with Crippen LogP contribution in [0.5, 0.6) is 0 Å². The van der Waals surface area contributed by atoms with E-state index in [1.165, 1.54) is 25.9 Å². The van der Waals surface area contributed by atoms with Crippen LogP contribution in [-0.2, 0) is 0 Å². The molecule has 0 bridgehead atoms. The topological polar surface area (TPSA) is 3.24 Å². The smallest absolute Gasteiger partial charge is 0.285 e. The van der Waals surface area contributed by atoms with Gasteiger partial charge in [-0.25, -0.2) is 0 Å². The van der Waals surface area contributed by atoms with E-state index >= 15 is 0 Å². The Morgan fingerprint density at radius 2 is 1.86 bits per heavy atom. The van der Waals surface area contributed by atoms with Gasteiger partial charge in [0.25, 0.3) is 6.24 Å². The van der Waals surface area contributed by atoms with E-state index in [0.29, 0.717) is 0 Å². The predicted molar refractivity (Wildman–Crippen MR) is 36.9 cm³/mol. The van der Waals surface area contributed by atoms with E-state index in [4.69, 9.17) is 0 Å². The van der Waals surface area contributed by atoms with Crippen LogP contribution >= 0.6 is 15.8 Å². The second kappa shape index (κ2) is 2.73. The Bertz CT molecular complexity index is 53.7. The highest BCUT2D eigenvalue weighted by Gasteiger charge is 2.08. The Morgan fingerprint density at radius 1 is 1.29 bits per heavy atom. The average Bonchev–Trinajstić information content (AvgIpc) is 2.14. The molecule has 0 aromatic carbocycles. The van der Waals surface area contributed by atoms with Crippen molar-refractivity contribution in [2.75, 3.05) is 13.1 Å². The van der Waals surface area contributed by atoms with Crippen molar-refractivity contribution in [3.63, 3.8) is 0 Å². The lowest BCUT2D eigenvalue weighted by Crippen LogP contribution is -2.18. The van der Waals surface area contributed by atoms with E-state index in [-0.39, 0.29) is 0 Å². The van der Waals surface area contributed by atoms with Crippen LogP contribution in [0.15, 0.2) is 0 Å². The Hall–Kier alpha value is 0.505. The molecule has 40 valence electrons. The van der Waals surface area contributed by atoms with Crippen molar-refractivity contribution in [1.82, 2.24) is 4.81 Å². The minimum Gasteiger partial charge on any atom is -0.335 e. The monoisotopic (exact) mass is 161 g/mol. The van der Waals surface area contributed by atoms with Crippen molar-refractivity contribution >= 4 is 22.0 Å². The van der Waals surface area contributed by atoms with Gasteiger partial charge in [-0.1, -0.05) is 0 Å². The van der Waals surface area contributed by atoms with Crippen LogP contribution in [-0.4, -0.2) is 24.1 Å². The second-order valence-electron chi connectivity index (χ2n) is 1.94. The first kappa shape index (κ1) is 5.64. The molecule has 1 nitrogen and oxygen atoms in total. The summed E-state index contributed by atoms with van der Waals surface area (Å²) in [6.07, 6.45) is 3.85. The molecule has 7 heavy (non-hydrogen) atoms. The summed E-state index contributed by atoms with van der Waals surface area (Å²) in [5, 5.41) is 0. The first-order valence-electron chi connectivity index (χ1n) is 2.72. The third-order valence-corrected chi connectivity index (χ3v) is 2.08. The van der Waals surface area contributed by atoms with Gasteiger partial charge in [-0.3, -0.25) is 0 Å². The summed E-state index contributed by atoms with van der Waals surface area (Å²) in [5.41, 5.74) is 0. The van der Waals surface area contributed by atoms with Crippen molar-refractivity contribution in [3.8, 4) is 0 Å². The maximum absolute atomic E-state index is 3.40. The van der Waals surface area contributed by atoms with E-state index in [1.54, 1.807) is 0 Å². The Kier molecular flexibility index (Phi) is 2.20. The molecule has 1 rings (SSSR count). The van der Waals surface area contributed by atoms with Gasteiger partial charge < -0.3 is 4.81 Å². The molecule has 1 saturated heterocycles. The van der Waals surface area contributed by atoms with E-state index in [9.17, 15) is 0 Å². The Morgan fingerprint density at radius 3 is 2.14 bits per heavy atom. The van der Waals surface area contributed by atoms with Crippen molar-refractivity contribution < 1.29 is 0 Å². The highest BCUT2D eigenvalue weighted by atomic mass is 79.9. The molecule has 0 radical (unpaired) electrons. The summed E-state index contributed by atoms with van der Waals surface area (Å²) in [6, 6.07) is 0. The maximum Gasteiger partial charge on any atom is 0.285 e. The number of rotatable bonds is 1. The van der Waals surface area contributed by atoms with Gasteiger partial charge in [0.15, 0.2) is 0 Å². The van der Waals surface area contributed by atoms with Gasteiger partial charge in [0.2, 0.25) is 0 Å². The van der Waals surface area contributed by atoms with Crippen LogP contribution in [0, 0.1) is 0 Å². The standard InChI is InChI=1S/C4H9BBrN/c6-5-7-3-1-2-4-7/h5H,1-4H2. The third-order valence-electron chi connectivity index (χ3n) is 1.37. The first-order chi connectivity index (χ1) is 3.43. The number of hydrogen-bond donors (Lipinski definition) is 0. The highest BCUT2D eigenvalue weighted by molar-refractivity contribution is 9.23. The van der Waals surface area contributed by atoms with Crippen LogP contribution in [0.25, 0.3) is 0 Å². The predicted octanol–water partition coefficient (Wildman–Crippen LogP) is 0.744.